The Kier molecular flexibility index (Phi) is 6.65. The van der Waals surface area contributed by atoms with Crippen LogP contribution in [0.25, 0.3) is 44.2 Å². The minimum Gasteiger partial charge on any atom is -0.376 e. The lowest BCUT2D eigenvalue weighted by Gasteiger charge is -2.41. The van der Waals surface area contributed by atoms with Crippen molar-refractivity contribution in [3.05, 3.63) is 168 Å². The van der Waals surface area contributed by atoms with Crippen LogP contribution < -0.4 is 15.7 Å². The maximum Gasteiger partial charge on any atom is 0.329 e. The van der Waals surface area contributed by atoms with Crippen molar-refractivity contribution in [1.82, 2.24) is 0 Å². The van der Waals surface area contributed by atoms with Gasteiger partial charge in [-0.05, 0) is 106 Å². The van der Waals surface area contributed by atoms with E-state index in [0.717, 1.165) is 0 Å². The molecule has 0 aromatic heterocycles. The van der Waals surface area contributed by atoms with Crippen LogP contribution in [0.15, 0.2) is 152 Å². The van der Waals surface area contributed by atoms with E-state index in [4.69, 9.17) is 0 Å². The molecule has 0 radical (unpaired) electrons. The minimum atomic E-state index is 0.00263. The molecule has 7 aromatic carbocycles. The molecule has 0 atom stereocenters. The first-order valence-corrected chi connectivity index (χ1v) is 15.8. The van der Waals surface area contributed by atoms with Gasteiger partial charge >= 0.3 is 6.85 Å². The molecule has 1 aliphatic heterocycles. The zero-order valence-corrected chi connectivity index (χ0v) is 26.0. The molecule has 0 unspecified atom stereocenters. The second-order valence-corrected chi connectivity index (χ2v) is 12.2. The van der Waals surface area contributed by atoms with Crippen molar-refractivity contribution in [3.63, 3.8) is 0 Å². The second kappa shape index (κ2) is 11.0. The number of hydrogen-bond donors (Lipinski definition) is 0. The third kappa shape index (κ3) is 4.40. The SMILES string of the molecule is Cc1ccccc1B1c2c(cc(-c3ccccc3)c(-c3ccc4ccccc4c3C)c2C)-c2ccccc2N1c1ccccc1. The fourth-order valence-electron chi connectivity index (χ4n) is 7.54. The number of anilines is 2. The highest BCUT2D eigenvalue weighted by Crippen LogP contribution is 2.46. The van der Waals surface area contributed by atoms with Crippen molar-refractivity contribution < 1.29 is 0 Å². The van der Waals surface area contributed by atoms with Gasteiger partial charge in [-0.2, -0.15) is 0 Å². The van der Waals surface area contributed by atoms with Crippen LogP contribution in [0.1, 0.15) is 16.7 Å². The number of rotatable bonds is 4. The van der Waals surface area contributed by atoms with Gasteiger partial charge in [-0.3, -0.25) is 0 Å². The first-order chi connectivity index (χ1) is 22.1. The van der Waals surface area contributed by atoms with Crippen LogP contribution in [0.5, 0.6) is 0 Å². The number of aryl methyl sites for hydroxylation is 2. The van der Waals surface area contributed by atoms with E-state index in [1.54, 1.807) is 0 Å². The van der Waals surface area contributed by atoms with Crippen molar-refractivity contribution >= 4 is 39.9 Å². The Morgan fingerprint density at radius 3 is 1.96 bits per heavy atom. The van der Waals surface area contributed by atoms with E-state index in [-0.39, 0.29) is 6.85 Å². The van der Waals surface area contributed by atoms with Gasteiger partial charge in [0, 0.05) is 16.9 Å². The van der Waals surface area contributed by atoms with Gasteiger partial charge in [-0.25, -0.2) is 0 Å². The number of hydrogen-bond acceptors (Lipinski definition) is 1. The zero-order chi connectivity index (χ0) is 30.5. The van der Waals surface area contributed by atoms with E-state index in [0.29, 0.717) is 0 Å². The fourth-order valence-corrected chi connectivity index (χ4v) is 7.54. The van der Waals surface area contributed by atoms with Crippen molar-refractivity contribution in [2.24, 2.45) is 0 Å². The van der Waals surface area contributed by atoms with Gasteiger partial charge < -0.3 is 4.81 Å². The third-order valence-electron chi connectivity index (χ3n) is 9.68. The van der Waals surface area contributed by atoms with Crippen molar-refractivity contribution in [3.8, 4) is 33.4 Å². The highest BCUT2D eigenvalue weighted by Gasteiger charge is 2.40. The van der Waals surface area contributed by atoms with Gasteiger partial charge in [-0.1, -0.05) is 133 Å². The molecule has 1 aliphatic rings. The number of benzene rings is 7. The maximum atomic E-state index is 2.56. The molecule has 0 fully saturated rings. The van der Waals surface area contributed by atoms with Crippen molar-refractivity contribution in [2.75, 3.05) is 4.81 Å². The summed E-state index contributed by atoms with van der Waals surface area (Å²) in [6, 6.07) is 55.5. The van der Waals surface area contributed by atoms with Crippen LogP contribution in [0.4, 0.5) is 11.4 Å². The van der Waals surface area contributed by atoms with Gasteiger partial charge in [0.15, 0.2) is 0 Å². The van der Waals surface area contributed by atoms with Crippen molar-refractivity contribution in [1.29, 1.82) is 0 Å². The summed E-state index contributed by atoms with van der Waals surface area (Å²) >= 11 is 0. The quantitative estimate of drug-likeness (QED) is 0.189. The lowest BCUT2D eigenvalue weighted by atomic mass is 9.43. The predicted molar refractivity (Wildman–Crippen MR) is 195 cm³/mol. The molecule has 8 rings (SSSR count). The van der Waals surface area contributed by atoms with Gasteiger partial charge in [0.05, 0.1) is 0 Å². The Morgan fingerprint density at radius 2 is 1.16 bits per heavy atom. The molecular formula is C43H34BN. The number of para-hydroxylation sites is 2. The lowest BCUT2D eigenvalue weighted by molar-refractivity contribution is 1.34. The van der Waals surface area contributed by atoms with E-state index < -0.39 is 0 Å². The molecule has 0 N–H and O–H groups in total. The molecule has 0 amide bonds. The fraction of sp³-hybridized carbons (Fsp3) is 0.0698. The van der Waals surface area contributed by atoms with Crippen LogP contribution in [0.2, 0.25) is 0 Å². The minimum absolute atomic E-state index is 0.00263. The Balaban J connectivity index is 1.53. The summed E-state index contributed by atoms with van der Waals surface area (Å²) in [6.45, 7) is 6.90. The molecular weight excluding hydrogens is 541 g/mol. The molecule has 0 saturated heterocycles. The Labute approximate surface area is 266 Å². The molecule has 1 nitrogen and oxygen atoms in total. The number of fused-ring (bicyclic) bond motifs is 4. The molecule has 0 bridgehead atoms. The monoisotopic (exact) mass is 575 g/mol. The lowest BCUT2D eigenvalue weighted by Crippen LogP contribution is -2.59. The van der Waals surface area contributed by atoms with Crippen LogP contribution in [0.3, 0.4) is 0 Å². The first kappa shape index (κ1) is 27.2. The van der Waals surface area contributed by atoms with E-state index in [1.807, 2.05) is 0 Å². The van der Waals surface area contributed by atoms with Gasteiger partial charge in [0.1, 0.15) is 0 Å². The van der Waals surface area contributed by atoms with E-state index >= 15 is 0 Å². The smallest absolute Gasteiger partial charge is 0.329 e. The molecule has 45 heavy (non-hydrogen) atoms. The highest BCUT2D eigenvalue weighted by atomic mass is 15.1. The van der Waals surface area contributed by atoms with Gasteiger partial charge in [-0.15, -0.1) is 0 Å². The molecule has 214 valence electrons. The zero-order valence-electron chi connectivity index (χ0n) is 26.0. The topological polar surface area (TPSA) is 3.24 Å². The van der Waals surface area contributed by atoms with Gasteiger partial charge in [0.25, 0.3) is 0 Å². The molecule has 2 heteroatoms. The summed E-state index contributed by atoms with van der Waals surface area (Å²) in [5, 5.41) is 2.58. The molecule has 0 aliphatic carbocycles. The van der Waals surface area contributed by atoms with Crippen molar-refractivity contribution in [2.45, 2.75) is 20.8 Å². The molecule has 0 saturated carbocycles. The average Bonchev–Trinajstić information content (AvgIpc) is 3.09. The Morgan fingerprint density at radius 1 is 0.489 bits per heavy atom. The largest absolute Gasteiger partial charge is 0.376 e. The molecule has 1 heterocycles. The van der Waals surface area contributed by atoms with Crippen LogP contribution in [-0.4, -0.2) is 6.85 Å². The Hall–Kier alpha value is -5.34. The summed E-state index contributed by atoms with van der Waals surface area (Å²) in [6.07, 6.45) is 0. The standard InChI is InChI=1S/C43H34BN/c1-29-16-10-14-24-40(29)44-43-31(3)42(36-27-26-33-19-11-12-22-35(33)30(36)2)38(32-17-6-4-7-18-32)28-39(43)37-23-13-15-25-41(37)45(44)34-20-8-5-9-21-34/h4-28H,1-3H3. The molecule has 0 spiro atoms. The average molecular weight is 576 g/mol. The van der Waals surface area contributed by atoms with Crippen LogP contribution in [0, 0.1) is 20.8 Å². The first-order valence-electron chi connectivity index (χ1n) is 15.8. The summed E-state index contributed by atoms with van der Waals surface area (Å²) in [5.74, 6) is 0. The maximum absolute atomic E-state index is 2.56. The molecule has 7 aromatic rings. The second-order valence-electron chi connectivity index (χ2n) is 12.2. The Bertz CT molecular complexity index is 2200. The summed E-state index contributed by atoms with van der Waals surface area (Å²) in [4.78, 5) is 2.56. The van der Waals surface area contributed by atoms with E-state index in [9.17, 15) is 0 Å². The predicted octanol–water partition coefficient (Wildman–Crippen LogP) is 10.0. The number of nitrogens with zero attached hydrogens (tertiary/aromatic N) is 1. The summed E-state index contributed by atoms with van der Waals surface area (Å²) in [5.41, 5.74) is 16.8. The summed E-state index contributed by atoms with van der Waals surface area (Å²) in [7, 11) is 0. The van der Waals surface area contributed by atoms with E-state index in [1.165, 1.54) is 83.1 Å². The van der Waals surface area contributed by atoms with Gasteiger partial charge in [0.2, 0.25) is 0 Å². The van der Waals surface area contributed by atoms with Crippen LogP contribution in [-0.2, 0) is 0 Å². The van der Waals surface area contributed by atoms with Crippen LogP contribution >= 0.6 is 0 Å². The normalized spacial score (nSPS) is 12.2. The third-order valence-corrected chi connectivity index (χ3v) is 9.68. The summed E-state index contributed by atoms with van der Waals surface area (Å²) < 4.78 is 0. The highest BCUT2D eigenvalue weighted by molar-refractivity contribution is 6.91. The van der Waals surface area contributed by atoms with E-state index in [2.05, 4.69) is 177 Å².